The fourth-order valence-electron chi connectivity index (χ4n) is 3.56. The molecule has 3 heterocycles. The summed E-state index contributed by atoms with van der Waals surface area (Å²) in [6.07, 6.45) is 8.00. The van der Waals surface area contributed by atoms with E-state index in [-0.39, 0.29) is 0 Å². The first-order valence-corrected chi connectivity index (χ1v) is 9.34. The van der Waals surface area contributed by atoms with Gasteiger partial charge in [-0.15, -0.1) is 16.4 Å². The Kier molecular flexibility index (Phi) is 3.16. The summed E-state index contributed by atoms with van der Waals surface area (Å²) in [5, 5.41) is 5.89. The van der Waals surface area contributed by atoms with E-state index in [2.05, 4.69) is 41.3 Å². The molecule has 3 aromatic heterocycles. The lowest BCUT2D eigenvalue weighted by Crippen LogP contribution is -1.92. The van der Waals surface area contributed by atoms with E-state index in [1.165, 1.54) is 47.1 Å². The quantitative estimate of drug-likeness (QED) is 0.478. The van der Waals surface area contributed by atoms with Crippen LogP contribution < -0.4 is 0 Å². The molecule has 0 saturated carbocycles. The summed E-state index contributed by atoms with van der Waals surface area (Å²) < 4.78 is 1.84. The summed E-state index contributed by atoms with van der Waals surface area (Å²) in [5.41, 5.74) is 4.72. The zero-order chi connectivity index (χ0) is 16.1. The van der Waals surface area contributed by atoms with Crippen LogP contribution in [0.4, 0.5) is 0 Å². The highest BCUT2D eigenvalue weighted by molar-refractivity contribution is 7.19. The highest BCUT2D eigenvalue weighted by atomic mass is 32.1. The highest BCUT2D eigenvalue weighted by Crippen LogP contribution is 2.36. The molecule has 4 nitrogen and oxygen atoms in total. The molecule has 120 valence electrons. The fourth-order valence-corrected chi connectivity index (χ4v) is 4.78. The number of thiophene rings is 1. The monoisotopic (exact) mass is 334 g/mol. The maximum absolute atomic E-state index is 4.87. The summed E-state index contributed by atoms with van der Waals surface area (Å²) >= 11 is 1.84. The van der Waals surface area contributed by atoms with Crippen molar-refractivity contribution in [2.24, 2.45) is 0 Å². The fraction of sp³-hybridized carbons (Fsp3) is 0.316. The number of rotatable bonds is 1. The van der Waals surface area contributed by atoms with Gasteiger partial charge in [-0.25, -0.2) is 14.5 Å². The first-order valence-electron chi connectivity index (χ1n) is 8.52. The zero-order valence-corrected chi connectivity index (χ0v) is 14.4. The van der Waals surface area contributed by atoms with Gasteiger partial charge < -0.3 is 0 Å². The van der Waals surface area contributed by atoms with E-state index < -0.39 is 0 Å². The molecule has 5 rings (SSSR count). The SMILES string of the molecule is Cc1ccc(-c2nc3c4c5c(sc4ncn3n2)CCCCC5)cc1. The first-order chi connectivity index (χ1) is 11.8. The van der Waals surface area contributed by atoms with Crippen molar-refractivity contribution < 1.29 is 0 Å². The lowest BCUT2D eigenvalue weighted by Gasteiger charge is -1.98. The second kappa shape index (κ2) is 5.38. The molecule has 1 aromatic carbocycles. The van der Waals surface area contributed by atoms with Gasteiger partial charge in [0, 0.05) is 10.4 Å². The summed E-state index contributed by atoms with van der Waals surface area (Å²) in [6.45, 7) is 2.09. The summed E-state index contributed by atoms with van der Waals surface area (Å²) in [7, 11) is 0. The molecule has 0 atom stereocenters. The summed E-state index contributed by atoms with van der Waals surface area (Å²) in [5.74, 6) is 0.776. The van der Waals surface area contributed by atoms with Gasteiger partial charge in [0.1, 0.15) is 11.2 Å². The summed E-state index contributed by atoms with van der Waals surface area (Å²) in [4.78, 5) is 12.1. The normalized spacial score (nSPS) is 14.9. The zero-order valence-electron chi connectivity index (χ0n) is 13.6. The van der Waals surface area contributed by atoms with Crippen LogP contribution in [0.15, 0.2) is 30.6 Å². The maximum Gasteiger partial charge on any atom is 0.182 e. The van der Waals surface area contributed by atoms with Crippen LogP contribution in [0, 0.1) is 6.92 Å². The Morgan fingerprint density at radius 2 is 1.88 bits per heavy atom. The number of hydrogen-bond acceptors (Lipinski definition) is 4. The maximum atomic E-state index is 4.87. The van der Waals surface area contributed by atoms with E-state index in [1.54, 1.807) is 6.33 Å². The molecule has 0 radical (unpaired) electrons. The summed E-state index contributed by atoms with van der Waals surface area (Å²) in [6, 6.07) is 8.38. The van der Waals surface area contributed by atoms with Crippen LogP contribution in [0.2, 0.25) is 0 Å². The van der Waals surface area contributed by atoms with Gasteiger partial charge in [-0.05, 0) is 38.2 Å². The van der Waals surface area contributed by atoms with Crippen molar-refractivity contribution in [1.29, 1.82) is 0 Å². The van der Waals surface area contributed by atoms with E-state index >= 15 is 0 Å². The van der Waals surface area contributed by atoms with Crippen LogP contribution >= 0.6 is 11.3 Å². The van der Waals surface area contributed by atoms with Gasteiger partial charge in [-0.2, -0.15) is 0 Å². The topological polar surface area (TPSA) is 43.1 Å². The second-order valence-corrected chi connectivity index (χ2v) is 7.64. The molecule has 24 heavy (non-hydrogen) atoms. The molecule has 5 heteroatoms. The van der Waals surface area contributed by atoms with Gasteiger partial charge in [0.2, 0.25) is 0 Å². The molecule has 1 aliphatic carbocycles. The third-order valence-electron chi connectivity index (χ3n) is 4.85. The molecule has 0 fully saturated rings. The average Bonchev–Trinajstić information content (AvgIpc) is 3.09. The minimum Gasteiger partial charge on any atom is -0.225 e. The Hall–Kier alpha value is -2.27. The molecular weight excluding hydrogens is 316 g/mol. The van der Waals surface area contributed by atoms with Gasteiger partial charge in [-0.3, -0.25) is 0 Å². The average molecular weight is 334 g/mol. The van der Waals surface area contributed by atoms with Crippen molar-refractivity contribution in [3.63, 3.8) is 0 Å². The Balaban J connectivity index is 1.75. The number of fused-ring (bicyclic) bond motifs is 5. The van der Waals surface area contributed by atoms with Gasteiger partial charge in [0.15, 0.2) is 11.5 Å². The van der Waals surface area contributed by atoms with Crippen LogP contribution in [-0.4, -0.2) is 19.6 Å². The largest absolute Gasteiger partial charge is 0.225 e. The number of aryl methyl sites for hydroxylation is 3. The van der Waals surface area contributed by atoms with Gasteiger partial charge >= 0.3 is 0 Å². The molecule has 0 bridgehead atoms. The first kappa shape index (κ1) is 14.1. The molecule has 0 saturated heterocycles. The predicted octanol–water partition coefficient (Wildman–Crippen LogP) is 4.58. The minimum atomic E-state index is 0.776. The van der Waals surface area contributed by atoms with E-state index in [4.69, 9.17) is 4.98 Å². The third-order valence-corrected chi connectivity index (χ3v) is 6.05. The molecule has 0 unspecified atom stereocenters. The predicted molar refractivity (Wildman–Crippen MR) is 97.6 cm³/mol. The molecule has 4 aromatic rings. The standard InChI is InChI=1S/C19H18N4S/c1-12-7-9-13(10-8-12)17-21-18-16-14-5-3-2-4-6-15(14)24-19(16)20-11-23(18)22-17/h7-11H,2-6H2,1H3. The Morgan fingerprint density at radius 3 is 2.75 bits per heavy atom. The van der Waals surface area contributed by atoms with Crippen LogP contribution in [0.1, 0.15) is 35.3 Å². The van der Waals surface area contributed by atoms with Crippen LogP contribution in [0.25, 0.3) is 27.3 Å². The van der Waals surface area contributed by atoms with Crippen molar-refractivity contribution in [1.82, 2.24) is 19.6 Å². The lowest BCUT2D eigenvalue weighted by atomic mass is 10.1. The van der Waals surface area contributed by atoms with Crippen molar-refractivity contribution in [2.75, 3.05) is 0 Å². The van der Waals surface area contributed by atoms with Crippen LogP contribution in [0.3, 0.4) is 0 Å². The number of nitrogens with zero attached hydrogens (tertiary/aromatic N) is 4. The third kappa shape index (κ3) is 2.15. The Labute approximate surface area is 144 Å². The van der Waals surface area contributed by atoms with Crippen LogP contribution in [0.5, 0.6) is 0 Å². The van der Waals surface area contributed by atoms with Gasteiger partial charge in [-0.1, -0.05) is 36.2 Å². The highest BCUT2D eigenvalue weighted by Gasteiger charge is 2.20. The van der Waals surface area contributed by atoms with E-state index in [0.717, 1.165) is 28.3 Å². The van der Waals surface area contributed by atoms with Crippen LogP contribution in [-0.2, 0) is 12.8 Å². The van der Waals surface area contributed by atoms with Crippen molar-refractivity contribution >= 4 is 27.2 Å². The van der Waals surface area contributed by atoms with E-state index in [1.807, 2.05) is 15.9 Å². The minimum absolute atomic E-state index is 0.776. The van der Waals surface area contributed by atoms with Gasteiger partial charge in [0.25, 0.3) is 0 Å². The number of benzene rings is 1. The Bertz CT molecular complexity index is 1040. The molecular formula is C19H18N4S. The van der Waals surface area contributed by atoms with Crippen molar-refractivity contribution in [3.8, 4) is 11.4 Å². The smallest absolute Gasteiger partial charge is 0.182 e. The second-order valence-electron chi connectivity index (χ2n) is 6.56. The number of aromatic nitrogens is 4. The van der Waals surface area contributed by atoms with E-state index in [9.17, 15) is 0 Å². The Morgan fingerprint density at radius 1 is 1.04 bits per heavy atom. The molecule has 0 N–H and O–H groups in total. The van der Waals surface area contributed by atoms with E-state index in [0.29, 0.717) is 0 Å². The molecule has 0 aliphatic heterocycles. The molecule has 1 aliphatic rings. The molecule has 0 spiro atoms. The van der Waals surface area contributed by atoms with Gasteiger partial charge in [0.05, 0.1) is 5.39 Å². The van der Waals surface area contributed by atoms with Crippen molar-refractivity contribution in [2.45, 2.75) is 39.0 Å². The molecule has 0 amide bonds. The number of hydrogen-bond donors (Lipinski definition) is 0. The van der Waals surface area contributed by atoms with Crippen molar-refractivity contribution in [3.05, 3.63) is 46.6 Å². The lowest BCUT2D eigenvalue weighted by molar-refractivity contribution is 0.713.